The summed E-state index contributed by atoms with van der Waals surface area (Å²) in [5.74, 6) is 0.237. The number of ether oxygens (including phenoxy) is 1. The van der Waals surface area contributed by atoms with Gasteiger partial charge in [0.1, 0.15) is 0 Å². The lowest BCUT2D eigenvalue weighted by Gasteiger charge is -2.40. The van der Waals surface area contributed by atoms with Gasteiger partial charge in [-0.05, 0) is 62.7 Å². The van der Waals surface area contributed by atoms with Crippen LogP contribution in [0.5, 0.6) is 0 Å². The lowest BCUT2D eigenvalue weighted by atomic mass is 9.79. The van der Waals surface area contributed by atoms with Gasteiger partial charge in [0.05, 0.1) is 0 Å². The maximum absolute atomic E-state index is 12.6. The van der Waals surface area contributed by atoms with Gasteiger partial charge in [0, 0.05) is 57.6 Å². The zero-order valence-electron chi connectivity index (χ0n) is 18.7. The van der Waals surface area contributed by atoms with E-state index in [0.29, 0.717) is 25.8 Å². The summed E-state index contributed by atoms with van der Waals surface area (Å²) in [4.78, 5) is 29.6. The van der Waals surface area contributed by atoms with Crippen molar-refractivity contribution in [1.29, 1.82) is 0 Å². The molecule has 1 aromatic carbocycles. The van der Waals surface area contributed by atoms with Crippen molar-refractivity contribution in [3.8, 4) is 0 Å². The Morgan fingerprint density at radius 3 is 2.52 bits per heavy atom. The van der Waals surface area contributed by atoms with Crippen LogP contribution in [0.15, 0.2) is 24.3 Å². The number of nitrogens with one attached hydrogen (secondary N) is 1. The SMILES string of the molecule is O=C(CCCC(=O)N1CCc2ccccc2C1)NCC1(CN2CCCC2)CCOCC1. The van der Waals surface area contributed by atoms with E-state index in [9.17, 15) is 9.59 Å². The summed E-state index contributed by atoms with van der Waals surface area (Å²) in [7, 11) is 0. The number of nitrogens with zero attached hydrogens (tertiary/aromatic N) is 2. The molecule has 6 nitrogen and oxygen atoms in total. The normalized spacial score (nSPS) is 21.0. The summed E-state index contributed by atoms with van der Waals surface area (Å²) >= 11 is 0. The average molecular weight is 428 g/mol. The topological polar surface area (TPSA) is 61.9 Å². The third kappa shape index (κ3) is 6.07. The first-order chi connectivity index (χ1) is 15.1. The number of hydrogen-bond acceptors (Lipinski definition) is 4. The first-order valence-electron chi connectivity index (χ1n) is 12.0. The number of likely N-dealkylation sites (tertiary alicyclic amines) is 1. The number of carbonyl (C=O) groups is 2. The number of hydrogen-bond donors (Lipinski definition) is 1. The molecule has 2 saturated heterocycles. The van der Waals surface area contributed by atoms with Crippen molar-refractivity contribution in [2.75, 3.05) is 45.9 Å². The van der Waals surface area contributed by atoms with E-state index in [-0.39, 0.29) is 17.2 Å². The fraction of sp³-hybridized carbons (Fsp3) is 0.680. The Labute approximate surface area is 186 Å². The Hall–Kier alpha value is -1.92. The standard InChI is InChI=1S/C25H37N3O3/c29-23(26-19-25(11-16-31-17-12-25)20-27-13-3-4-14-27)8-5-9-24(30)28-15-10-21-6-1-2-7-22(21)18-28/h1-2,6-7H,3-5,8-20H2,(H,26,29). The maximum Gasteiger partial charge on any atom is 0.222 e. The second-order valence-electron chi connectivity index (χ2n) is 9.56. The van der Waals surface area contributed by atoms with Crippen LogP contribution in [0.2, 0.25) is 0 Å². The van der Waals surface area contributed by atoms with Crippen LogP contribution in [0.3, 0.4) is 0 Å². The quantitative estimate of drug-likeness (QED) is 0.693. The molecular formula is C25H37N3O3. The molecule has 170 valence electrons. The van der Waals surface area contributed by atoms with E-state index in [4.69, 9.17) is 4.74 Å². The summed E-state index contributed by atoms with van der Waals surface area (Å²) in [6.07, 6.45) is 7.01. The molecule has 6 heteroatoms. The Balaban J connectivity index is 1.18. The largest absolute Gasteiger partial charge is 0.381 e. The van der Waals surface area contributed by atoms with Crippen molar-refractivity contribution in [3.05, 3.63) is 35.4 Å². The Bertz CT molecular complexity index is 754. The second-order valence-corrected chi connectivity index (χ2v) is 9.56. The zero-order valence-corrected chi connectivity index (χ0v) is 18.7. The van der Waals surface area contributed by atoms with Gasteiger partial charge in [-0.1, -0.05) is 24.3 Å². The van der Waals surface area contributed by atoms with Crippen LogP contribution in [0.1, 0.15) is 56.1 Å². The molecule has 1 N–H and O–H groups in total. The molecule has 31 heavy (non-hydrogen) atoms. The minimum Gasteiger partial charge on any atom is -0.381 e. The van der Waals surface area contributed by atoms with Gasteiger partial charge in [-0.2, -0.15) is 0 Å². The van der Waals surface area contributed by atoms with Crippen LogP contribution in [0.25, 0.3) is 0 Å². The molecule has 0 aromatic heterocycles. The van der Waals surface area contributed by atoms with E-state index in [0.717, 1.165) is 52.1 Å². The molecule has 3 heterocycles. The summed E-state index contributed by atoms with van der Waals surface area (Å²) in [6, 6.07) is 8.35. The molecule has 0 spiro atoms. The third-order valence-electron chi connectivity index (χ3n) is 7.25. The minimum atomic E-state index is 0.0732. The van der Waals surface area contributed by atoms with E-state index in [1.807, 2.05) is 11.0 Å². The van der Waals surface area contributed by atoms with Crippen LogP contribution in [0, 0.1) is 5.41 Å². The Morgan fingerprint density at radius 1 is 1.00 bits per heavy atom. The molecule has 0 radical (unpaired) electrons. The lowest BCUT2D eigenvalue weighted by Crippen LogP contribution is -2.48. The molecule has 1 aromatic rings. The highest BCUT2D eigenvalue weighted by Crippen LogP contribution is 2.32. The molecular weight excluding hydrogens is 390 g/mol. The molecule has 0 atom stereocenters. The minimum absolute atomic E-state index is 0.0732. The van der Waals surface area contributed by atoms with Crippen molar-refractivity contribution in [2.45, 2.75) is 57.9 Å². The number of benzene rings is 1. The molecule has 0 bridgehead atoms. The zero-order chi connectivity index (χ0) is 21.5. The van der Waals surface area contributed by atoms with Crippen LogP contribution in [0.4, 0.5) is 0 Å². The van der Waals surface area contributed by atoms with Gasteiger partial charge in [0.2, 0.25) is 11.8 Å². The van der Waals surface area contributed by atoms with E-state index >= 15 is 0 Å². The van der Waals surface area contributed by atoms with Crippen LogP contribution >= 0.6 is 0 Å². The smallest absolute Gasteiger partial charge is 0.222 e. The fourth-order valence-electron chi connectivity index (χ4n) is 5.25. The first kappa shape index (κ1) is 22.3. The lowest BCUT2D eigenvalue weighted by molar-refractivity contribution is -0.132. The highest BCUT2D eigenvalue weighted by molar-refractivity contribution is 5.79. The van der Waals surface area contributed by atoms with Crippen molar-refractivity contribution < 1.29 is 14.3 Å². The van der Waals surface area contributed by atoms with Crippen molar-refractivity contribution in [3.63, 3.8) is 0 Å². The average Bonchev–Trinajstić information content (AvgIpc) is 3.31. The highest BCUT2D eigenvalue weighted by Gasteiger charge is 2.35. The fourth-order valence-corrected chi connectivity index (χ4v) is 5.25. The molecule has 3 aliphatic rings. The third-order valence-corrected chi connectivity index (χ3v) is 7.25. The van der Waals surface area contributed by atoms with Crippen LogP contribution in [-0.2, 0) is 27.3 Å². The van der Waals surface area contributed by atoms with E-state index in [2.05, 4.69) is 28.4 Å². The summed E-state index contributed by atoms with van der Waals surface area (Å²) < 4.78 is 5.59. The van der Waals surface area contributed by atoms with Crippen LogP contribution in [-0.4, -0.2) is 67.6 Å². The molecule has 0 aliphatic carbocycles. The van der Waals surface area contributed by atoms with Gasteiger partial charge in [-0.25, -0.2) is 0 Å². The monoisotopic (exact) mass is 427 g/mol. The summed E-state index contributed by atoms with van der Waals surface area (Å²) in [5, 5.41) is 3.19. The molecule has 0 unspecified atom stereocenters. The number of carbonyl (C=O) groups excluding carboxylic acids is 2. The Kier molecular flexibility index (Phi) is 7.62. The van der Waals surface area contributed by atoms with Crippen LogP contribution < -0.4 is 5.32 Å². The predicted octanol–water partition coefficient (Wildman–Crippen LogP) is 2.75. The Morgan fingerprint density at radius 2 is 1.74 bits per heavy atom. The molecule has 0 saturated carbocycles. The van der Waals surface area contributed by atoms with Crippen molar-refractivity contribution in [2.24, 2.45) is 5.41 Å². The van der Waals surface area contributed by atoms with E-state index < -0.39 is 0 Å². The predicted molar refractivity (Wildman–Crippen MR) is 121 cm³/mol. The molecule has 2 amide bonds. The summed E-state index contributed by atoms with van der Waals surface area (Å²) in [6.45, 7) is 7.20. The van der Waals surface area contributed by atoms with E-state index in [1.165, 1.54) is 37.1 Å². The van der Waals surface area contributed by atoms with Crippen molar-refractivity contribution >= 4 is 11.8 Å². The number of fused-ring (bicyclic) bond motifs is 1. The van der Waals surface area contributed by atoms with Gasteiger partial charge in [-0.3, -0.25) is 9.59 Å². The molecule has 4 rings (SSSR count). The molecule has 2 fully saturated rings. The number of rotatable bonds is 8. The van der Waals surface area contributed by atoms with Gasteiger partial charge < -0.3 is 19.9 Å². The van der Waals surface area contributed by atoms with Gasteiger partial charge in [0.25, 0.3) is 0 Å². The second kappa shape index (κ2) is 10.6. The van der Waals surface area contributed by atoms with Crippen molar-refractivity contribution in [1.82, 2.24) is 15.1 Å². The van der Waals surface area contributed by atoms with E-state index in [1.54, 1.807) is 0 Å². The maximum atomic E-state index is 12.6. The number of amides is 2. The van der Waals surface area contributed by atoms with Gasteiger partial charge in [0.15, 0.2) is 0 Å². The summed E-state index contributed by atoms with van der Waals surface area (Å²) in [5.41, 5.74) is 2.73. The van der Waals surface area contributed by atoms with Gasteiger partial charge in [-0.15, -0.1) is 0 Å². The first-order valence-corrected chi connectivity index (χ1v) is 12.0. The highest BCUT2D eigenvalue weighted by atomic mass is 16.5. The van der Waals surface area contributed by atoms with Gasteiger partial charge >= 0.3 is 0 Å². The molecule has 3 aliphatic heterocycles.